The molecule has 1 aliphatic heterocycles. The van der Waals surface area contributed by atoms with Gasteiger partial charge < -0.3 is 14.2 Å². The van der Waals surface area contributed by atoms with Crippen molar-refractivity contribution in [1.29, 1.82) is 0 Å². The van der Waals surface area contributed by atoms with E-state index in [0.717, 1.165) is 73.6 Å². The highest BCUT2D eigenvalue weighted by molar-refractivity contribution is 7.92. The first kappa shape index (κ1) is 29.7. The number of rotatable bonds is 11. The molecule has 0 amide bonds. The largest absolute Gasteiger partial charge is 0.466 e. The van der Waals surface area contributed by atoms with Gasteiger partial charge in [-0.2, -0.15) is 0 Å². The van der Waals surface area contributed by atoms with E-state index in [1.807, 2.05) is 55.5 Å². The van der Waals surface area contributed by atoms with E-state index in [0.29, 0.717) is 23.8 Å². The van der Waals surface area contributed by atoms with Crippen LogP contribution in [0.3, 0.4) is 0 Å². The van der Waals surface area contributed by atoms with Gasteiger partial charge in [0.1, 0.15) is 12.2 Å². The summed E-state index contributed by atoms with van der Waals surface area (Å²) in [6, 6.07) is 26.3. The van der Waals surface area contributed by atoms with Crippen molar-refractivity contribution in [2.75, 3.05) is 6.61 Å². The fourth-order valence-electron chi connectivity index (χ4n) is 7.29. The van der Waals surface area contributed by atoms with Crippen molar-refractivity contribution in [3.8, 4) is 0 Å². The summed E-state index contributed by atoms with van der Waals surface area (Å²) in [5.41, 5.74) is 4.00. The highest BCUT2D eigenvalue weighted by Crippen LogP contribution is 2.55. The number of sulfone groups is 1. The van der Waals surface area contributed by atoms with Crippen molar-refractivity contribution in [3.63, 3.8) is 0 Å². The number of benzene rings is 3. The van der Waals surface area contributed by atoms with Gasteiger partial charge in [-0.25, -0.2) is 8.42 Å². The maximum atomic E-state index is 13.3. The van der Waals surface area contributed by atoms with Gasteiger partial charge >= 0.3 is 5.97 Å². The van der Waals surface area contributed by atoms with Gasteiger partial charge in [-0.3, -0.25) is 4.79 Å². The fourth-order valence-corrected chi connectivity index (χ4v) is 9.22. The predicted molar refractivity (Wildman–Crippen MR) is 168 cm³/mol. The standard InChI is InChI=1S/C37H42O6S/c1-2-41-36(38)31(29-16-20-33(32(23-29)26-14-15-26)44(39,40)30-17-18-30)19-13-25-21-22-37(24-25)42-34(27-9-5-3-6-10-27)35(43-37)28-11-7-4-8-12-28/h3-12,16,20,23,25-26,30-31,34-35H,2,13-15,17-19,21-22,24H2,1H3/t25-,31?,34+,35+/m1/s1. The molecule has 6 nitrogen and oxygen atoms in total. The third-order valence-corrected chi connectivity index (χ3v) is 12.2. The zero-order valence-corrected chi connectivity index (χ0v) is 26.2. The van der Waals surface area contributed by atoms with Crippen LogP contribution in [0.15, 0.2) is 83.8 Å². The van der Waals surface area contributed by atoms with E-state index in [4.69, 9.17) is 14.2 Å². The van der Waals surface area contributed by atoms with Crippen molar-refractivity contribution in [2.45, 2.75) is 105 Å². The summed E-state index contributed by atoms with van der Waals surface area (Å²) < 4.78 is 45.6. The molecule has 44 heavy (non-hydrogen) atoms. The zero-order chi connectivity index (χ0) is 30.3. The number of carbonyl (C=O) groups is 1. The van der Waals surface area contributed by atoms with Crippen LogP contribution in [0.2, 0.25) is 0 Å². The molecule has 1 saturated heterocycles. The quantitative estimate of drug-likeness (QED) is 0.204. The molecule has 7 rings (SSSR count). The van der Waals surface area contributed by atoms with Crippen LogP contribution in [-0.2, 0) is 28.8 Å². The molecule has 1 heterocycles. The smallest absolute Gasteiger partial charge is 0.313 e. The fraction of sp³-hybridized carbons (Fsp3) is 0.486. The van der Waals surface area contributed by atoms with Crippen LogP contribution < -0.4 is 0 Å². The Labute approximate surface area is 261 Å². The van der Waals surface area contributed by atoms with E-state index >= 15 is 0 Å². The maximum Gasteiger partial charge on any atom is 0.313 e. The van der Waals surface area contributed by atoms with E-state index < -0.39 is 21.5 Å². The van der Waals surface area contributed by atoms with Gasteiger partial charge in [0.25, 0.3) is 0 Å². The van der Waals surface area contributed by atoms with E-state index in [1.54, 1.807) is 6.07 Å². The number of hydrogen-bond acceptors (Lipinski definition) is 6. The van der Waals surface area contributed by atoms with E-state index in [-0.39, 0.29) is 29.3 Å². The van der Waals surface area contributed by atoms with Crippen molar-refractivity contribution in [3.05, 3.63) is 101 Å². The second kappa shape index (κ2) is 12.1. The monoisotopic (exact) mass is 614 g/mol. The van der Waals surface area contributed by atoms with Crippen LogP contribution in [0.4, 0.5) is 0 Å². The van der Waals surface area contributed by atoms with Gasteiger partial charge in [-0.1, -0.05) is 72.8 Å². The molecule has 3 saturated carbocycles. The van der Waals surface area contributed by atoms with Gasteiger partial charge in [-0.15, -0.1) is 0 Å². The maximum absolute atomic E-state index is 13.3. The minimum atomic E-state index is -3.31. The van der Waals surface area contributed by atoms with Crippen molar-refractivity contribution < 1.29 is 27.4 Å². The molecule has 3 aliphatic carbocycles. The van der Waals surface area contributed by atoms with Crippen LogP contribution in [-0.4, -0.2) is 32.0 Å². The van der Waals surface area contributed by atoms with Crippen LogP contribution >= 0.6 is 0 Å². The molecule has 7 heteroatoms. The van der Waals surface area contributed by atoms with Gasteiger partial charge in [0, 0.05) is 12.8 Å². The van der Waals surface area contributed by atoms with Crippen LogP contribution in [0.25, 0.3) is 0 Å². The van der Waals surface area contributed by atoms with Crippen LogP contribution in [0.1, 0.15) is 111 Å². The number of ether oxygens (including phenoxy) is 3. The first-order chi connectivity index (χ1) is 21.4. The van der Waals surface area contributed by atoms with Gasteiger partial charge in [0.2, 0.25) is 0 Å². The number of carbonyl (C=O) groups excluding carboxylic acids is 1. The summed E-state index contributed by atoms with van der Waals surface area (Å²) in [5, 5.41) is -0.246. The lowest BCUT2D eigenvalue weighted by atomic mass is 9.88. The van der Waals surface area contributed by atoms with Gasteiger partial charge in [-0.05, 0) is 92.0 Å². The Morgan fingerprint density at radius 2 is 1.52 bits per heavy atom. The molecule has 0 bridgehead atoms. The Morgan fingerprint density at radius 3 is 2.09 bits per heavy atom. The van der Waals surface area contributed by atoms with E-state index in [9.17, 15) is 13.2 Å². The van der Waals surface area contributed by atoms with Crippen LogP contribution in [0, 0.1) is 5.92 Å². The predicted octanol–water partition coefficient (Wildman–Crippen LogP) is 7.95. The molecule has 3 aromatic rings. The van der Waals surface area contributed by atoms with Gasteiger partial charge in [0.15, 0.2) is 15.6 Å². The van der Waals surface area contributed by atoms with Crippen LogP contribution in [0.5, 0.6) is 0 Å². The third kappa shape index (κ3) is 5.99. The van der Waals surface area contributed by atoms with E-state index in [1.165, 1.54) is 0 Å². The zero-order valence-electron chi connectivity index (χ0n) is 25.4. The minimum Gasteiger partial charge on any atom is -0.466 e. The molecule has 4 fully saturated rings. The Kier molecular flexibility index (Phi) is 8.15. The summed E-state index contributed by atoms with van der Waals surface area (Å²) in [6.45, 7) is 2.15. The normalized spacial score (nSPS) is 25.2. The number of hydrogen-bond donors (Lipinski definition) is 0. The van der Waals surface area contributed by atoms with Gasteiger partial charge in [0.05, 0.1) is 22.7 Å². The summed E-state index contributed by atoms with van der Waals surface area (Å²) >= 11 is 0. The second-order valence-corrected chi connectivity index (χ2v) is 15.3. The average molecular weight is 615 g/mol. The molecule has 0 N–H and O–H groups in total. The SMILES string of the molecule is CCOC(=O)C(CC[C@@H]1CCC2(C1)O[C@@H](c1ccccc1)[C@H](c1ccccc1)O2)c1ccc(S(=O)(=O)C2CC2)c(C2CC2)c1. The molecule has 1 spiro atoms. The molecule has 4 atom stereocenters. The van der Waals surface area contributed by atoms with E-state index in [2.05, 4.69) is 24.3 Å². The molecule has 232 valence electrons. The van der Waals surface area contributed by atoms with Crippen molar-refractivity contribution in [2.24, 2.45) is 5.92 Å². The molecule has 4 aliphatic rings. The molecule has 0 radical (unpaired) electrons. The molecular formula is C37H42O6S. The average Bonchev–Trinajstić information content (AvgIpc) is 3.99. The minimum absolute atomic E-state index is 0.184. The summed E-state index contributed by atoms with van der Waals surface area (Å²) in [6.07, 6.45) is 7.15. The Bertz CT molecular complexity index is 1530. The second-order valence-electron chi connectivity index (χ2n) is 13.1. The highest BCUT2D eigenvalue weighted by Gasteiger charge is 2.52. The molecular weight excluding hydrogens is 572 g/mol. The molecule has 1 unspecified atom stereocenters. The van der Waals surface area contributed by atoms with Crippen molar-refractivity contribution in [1.82, 2.24) is 0 Å². The Hall–Kier alpha value is -3.00. The summed E-state index contributed by atoms with van der Waals surface area (Å²) in [5.74, 6) is -0.705. The first-order valence-corrected chi connectivity index (χ1v) is 17.9. The first-order valence-electron chi connectivity index (χ1n) is 16.4. The topological polar surface area (TPSA) is 78.9 Å². The molecule has 0 aromatic heterocycles. The third-order valence-electron chi connectivity index (χ3n) is 9.91. The summed E-state index contributed by atoms with van der Waals surface area (Å²) in [4.78, 5) is 13.8. The summed E-state index contributed by atoms with van der Waals surface area (Å²) in [7, 11) is -3.31. The lowest BCUT2D eigenvalue weighted by molar-refractivity contribution is -0.172. The molecule has 3 aromatic carbocycles. The Morgan fingerprint density at radius 1 is 0.886 bits per heavy atom. The Balaban J connectivity index is 1.09. The van der Waals surface area contributed by atoms with Crippen molar-refractivity contribution >= 4 is 15.8 Å². The lowest BCUT2D eigenvalue weighted by Gasteiger charge is -2.24. The lowest BCUT2D eigenvalue weighted by Crippen LogP contribution is -2.26. The number of esters is 1. The highest BCUT2D eigenvalue weighted by atomic mass is 32.2.